The Hall–Kier alpha value is -2.20. The molecule has 0 fully saturated rings. The van der Waals surface area contributed by atoms with Gasteiger partial charge in [-0.05, 0) is 48.6 Å². The van der Waals surface area contributed by atoms with Gasteiger partial charge in [-0.25, -0.2) is 9.37 Å². The average Bonchev–Trinajstić information content (AvgIpc) is 2.91. The van der Waals surface area contributed by atoms with E-state index in [2.05, 4.69) is 22.1 Å². The number of hydrogen-bond acceptors (Lipinski definition) is 2. The molecule has 3 aromatic rings. The van der Waals surface area contributed by atoms with Crippen LogP contribution in [0.15, 0.2) is 42.5 Å². The third-order valence-electron chi connectivity index (χ3n) is 4.38. The maximum Gasteiger partial charge on any atom is 0.132 e. The fourth-order valence-electron chi connectivity index (χ4n) is 3.30. The Kier molecular flexibility index (Phi) is 2.62. The summed E-state index contributed by atoms with van der Waals surface area (Å²) in [7, 11) is 0. The molecule has 0 amide bonds. The second-order valence-corrected chi connectivity index (χ2v) is 5.73. The van der Waals surface area contributed by atoms with E-state index in [0.717, 1.165) is 36.2 Å². The third kappa shape index (κ3) is 1.87. The summed E-state index contributed by atoms with van der Waals surface area (Å²) in [6, 6.07) is 12.8. The number of aromatic nitrogens is 2. The summed E-state index contributed by atoms with van der Waals surface area (Å²) in [5.74, 6) is 0.447. The molecular weight excluding hydrogens is 265 g/mol. The van der Waals surface area contributed by atoms with Gasteiger partial charge in [-0.1, -0.05) is 24.3 Å². The number of nitrogens with zero attached hydrogens (tertiary/aromatic N) is 1. The fraction of sp³-hybridized carbons (Fsp3) is 0.235. The van der Waals surface area contributed by atoms with Crippen molar-refractivity contribution in [3.05, 3.63) is 65.2 Å². The number of benzene rings is 2. The molecule has 2 aromatic carbocycles. The maximum atomic E-state index is 13.3. The number of aromatic amines is 1. The van der Waals surface area contributed by atoms with Gasteiger partial charge >= 0.3 is 0 Å². The Morgan fingerprint density at radius 2 is 2.05 bits per heavy atom. The van der Waals surface area contributed by atoms with Gasteiger partial charge in [0.2, 0.25) is 0 Å². The van der Waals surface area contributed by atoms with E-state index >= 15 is 0 Å². The zero-order valence-corrected chi connectivity index (χ0v) is 11.6. The third-order valence-corrected chi connectivity index (χ3v) is 4.38. The van der Waals surface area contributed by atoms with E-state index in [0.29, 0.717) is 5.52 Å². The number of imidazole rings is 1. The molecular formula is C17H16FN3. The summed E-state index contributed by atoms with van der Waals surface area (Å²) in [6.45, 7) is 0. The van der Waals surface area contributed by atoms with E-state index in [1.54, 1.807) is 6.07 Å². The predicted molar refractivity (Wildman–Crippen MR) is 80.4 cm³/mol. The number of nitrogens with two attached hydrogens (primary N) is 1. The van der Waals surface area contributed by atoms with Crippen LogP contribution in [0.5, 0.6) is 0 Å². The molecule has 1 unspecified atom stereocenters. The molecule has 4 rings (SSSR count). The lowest BCUT2D eigenvalue weighted by Gasteiger charge is -2.34. The molecule has 0 aliphatic heterocycles. The Morgan fingerprint density at radius 3 is 2.95 bits per heavy atom. The van der Waals surface area contributed by atoms with Crippen molar-refractivity contribution in [3.63, 3.8) is 0 Å². The van der Waals surface area contributed by atoms with Gasteiger partial charge in [0.05, 0.1) is 11.0 Å². The molecule has 4 heteroatoms. The van der Waals surface area contributed by atoms with Crippen LogP contribution in [0.1, 0.15) is 29.8 Å². The number of fused-ring (bicyclic) bond motifs is 2. The van der Waals surface area contributed by atoms with Crippen LogP contribution >= 0.6 is 0 Å². The SMILES string of the molecule is NC1(c2nc3ccc(F)cc3[nH]2)CCCc2ccccc21. The summed E-state index contributed by atoms with van der Waals surface area (Å²) in [5, 5.41) is 0. The molecule has 1 atom stereocenters. The van der Waals surface area contributed by atoms with Gasteiger partial charge in [0.1, 0.15) is 17.2 Å². The lowest BCUT2D eigenvalue weighted by atomic mass is 9.77. The number of hydrogen-bond donors (Lipinski definition) is 2. The lowest BCUT2D eigenvalue weighted by Crippen LogP contribution is -2.42. The summed E-state index contributed by atoms with van der Waals surface area (Å²) in [5.41, 5.74) is 9.92. The molecule has 0 bridgehead atoms. The summed E-state index contributed by atoms with van der Waals surface area (Å²) in [6.07, 6.45) is 2.91. The molecule has 0 saturated carbocycles. The van der Waals surface area contributed by atoms with Crippen molar-refractivity contribution >= 4 is 11.0 Å². The van der Waals surface area contributed by atoms with Gasteiger partial charge in [0.15, 0.2) is 0 Å². The van der Waals surface area contributed by atoms with Crippen molar-refractivity contribution in [1.29, 1.82) is 0 Å². The first-order valence-corrected chi connectivity index (χ1v) is 7.20. The summed E-state index contributed by atoms with van der Waals surface area (Å²) >= 11 is 0. The second kappa shape index (κ2) is 4.40. The smallest absolute Gasteiger partial charge is 0.132 e. The minimum atomic E-state index is -0.621. The first kappa shape index (κ1) is 12.5. The van der Waals surface area contributed by atoms with E-state index in [-0.39, 0.29) is 5.82 Å². The molecule has 0 saturated heterocycles. The van der Waals surface area contributed by atoms with Gasteiger partial charge < -0.3 is 10.7 Å². The molecule has 1 heterocycles. The molecule has 106 valence electrons. The van der Waals surface area contributed by atoms with Crippen LogP contribution in [0, 0.1) is 5.82 Å². The Labute approximate surface area is 122 Å². The van der Waals surface area contributed by atoms with Gasteiger partial charge in [-0.2, -0.15) is 0 Å². The minimum Gasteiger partial charge on any atom is -0.340 e. The zero-order chi connectivity index (χ0) is 14.4. The van der Waals surface area contributed by atoms with E-state index in [1.165, 1.54) is 17.7 Å². The lowest BCUT2D eigenvalue weighted by molar-refractivity contribution is 0.423. The Bertz CT molecular complexity index is 824. The molecule has 1 aliphatic rings. The van der Waals surface area contributed by atoms with E-state index < -0.39 is 5.54 Å². The second-order valence-electron chi connectivity index (χ2n) is 5.73. The average molecular weight is 281 g/mol. The van der Waals surface area contributed by atoms with E-state index in [4.69, 9.17) is 5.73 Å². The number of nitrogens with one attached hydrogen (secondary N) is 1. The first-order valence-electron chi connectivity index (χ1n) is 7.20. The van der Waals surface area contributed by atoms with Crippen LogP contribution in [-0.2, 0) is 12.0 Å². The molecule has 21 heavy (non-hydrogen) atoms. The van der Waals surface area contributed by atoms with Crippen molar-refractivity contribution in [2.75, 3.05) is 0 Å². The van der Waals surface area contributed by atoms with Crippen LogP contribution in [0.3, 0.4) is 0 Å². The maximum absolute atomic E-state index is 13.3. The molecule has 1 aromatic heterocycles. The highest BCUT2D eigenvalue weighted by Crippen LogP contribution is 2.37. The number of H-pyrrole nitrogens is 1. The summed E-state index contributed by atoms with van der Waals surface area (Å²) < 4.78 is 13.3. The monoisotopic (exact) mass is 281 g/mol. The van der Waals surface area contributed by atoms with Crippen molar-refractivity contribution in [2.24, 2.45) is 5.73 Å². The Balaban J connectivity index is 1.91. The molecule has 3 nitrogen and oxygen atoms in total. The van der Waals surface area contributed by atoms with Crippen molar-refractivity contribution in [1.82, 2.24) is 9.97 Å². The van der Waals surface area contributed by atoms with Gasteiger partial charge in [-0.3, -0.25) is 0 Å². The standard InChI is InChI=1S/C17H16FN3/c18-12-7-8-14-15(10-12)21-16(20-14)17(19)9-3-5-11-4-1-2-6-13(11)17/h1-2,4,6-8,10H,3,5,9,19H2,(H,20,21). The largest absolute Gasteiger partial charge is 0.340 e. The van der Waals surface area contributed by atoms with E-state index in [1.807, 2.05) is 12.1 Å². The van der Waals surface area contributed by atoms with Crippen LogP contribution in [0.25, 0.3) is 11.0 Å². The number of halogens is 1. The van der Waals surface area contributed by atoms with Crippen molar-refractivity contribution in [2.45, 2.75) is 24.8 Å². The van der Waals surface area contributed by atoms with Gasteiger partial charge in [0, 0.05) is 0 Å². The van der Waals surface area contributed by atoms with E-state index in [9.17, 15) is 4.39 Å². The Morgan fingerprint density at radius 1 is 1.19 bits per heavy atom. The number of aryl methyl sites for hydroxylation is 1. The van der Waals surface area contributed by atoms with Crippen molar-refractivity contribution < 1.29 is 4.39 Å². The quantitative estimate of drug-likeness (QED) is 0.719. The van der Waals surface area contributed by atoms with Crippen molar-refractivity contribution in [3.8, 4) is 0 Å². The highest BCUT2D eigenvalue weighted by atomic mass is 19.1. The van der Waals surface area contributed by atoms with Crippen LogP contribution in [-0.4, -0.2) is 9.97 Å². The van der Waals surface area contributed by atoms with Crippen LogP contribution in [0.2, 0.25) is 0 Å². The van der Waals surface area contributed by atoms with Crippen LogP contribution in [0.4, 0.5) is 4.39 Å². The van der Waals surface area contributed by atoms with Gasteiger partial charge in [-0.15, -0.1) is 0 Å². The zero-order valence-electron chi connectivity index (χ0n) is 11.6. The van der Waals surface area contributed by atoms with Gasteiger partial charge in [0.25, 0.3) is 0 Å². The number of rotatable bonds is 1. The highest BCUT2D eigenvalue weighted by molar-refractivity contribution is 5.75. The van der Waals surface area contributed by atoms with Crippen LogP contribution < -0.4 is 5.73 Å². The minimum absolute atomic E-state index is 0.271. The normalized spacial score (nSPS) is 21.4. The molecule has 1 aliphatic carbocycles. The first-order chi connectivity index (χ1) is 10.2. The summed E-state index contributed by atoms with van der Waals surface area (Å²) in [4.78, 5) is 7.81. The topological polar surface area (TPSA) is 54.7 Å². The fourth-order valence-corrected chi connectivity index (χ4v) is 3.30. The molecule has 0 spiro atoms. The molecule has 3 N–H and O–H groups in total. The molecule has 0 radical (unpaired) electrons. The predicted octanol–water partition coefficient (Wildman–Crippen LogP) is 3.24. The highest BCUT2D eigenvalue weighted by Gasteiger charge is 2.36.